The van der Waals surface area contributed by atoms with Gasteiger partial charge < -0.3 is 10.3 Å². The van der Waals surface area contributed by atoms with Gasteiger partial charge in [0, 0.05) is 18.3 Å². The van der Waals surface area contributed by atoms with Gasteiger partial charge in [-0.1, -0.05) is 18.6 Å². The first-order valence-corrected chi connectivity index (χ1v) is 5.46. The summed E-state index contributed by atoms with van der Waals surface area (Å²) in [6.07, 6.45) is 2.15. The molecule has 2 heteroatoms. The minimum absolute atomic E-state index is 0.530. The third-order valence-corrected chi connectivity index (χ3v) is 2.84. The predicted molar refractivity (Wildman–Crippen MR) is 64.9 cm³/mol. The lowest BCUT2D eigenvalue weighted by Crippen LogP contribution is -2.16. The molecule has 0 bridgehead atoms. The Balaban J connectivity index is 2.36. The van der Waals surface area contributed by atoms with Crippen LogP contribution in [0.1, 0.15) is 12.5 Å². The molecule has 80 valence electrons. The third kappa shape index (κ3) is 2.05. The first-order valence-electron chi connectivity index (χ1n) is 5.46. The number of nitrogens with zero attached hydrogens (tertiary/aromatic N) is 1. The van der Waals surface area contributed by atoms with Gasteiger partial charge in [-0.05, 0) is 43.0 Å². The summed E-state index contributed by atoms with van der Waals surface area (Å²) < 4.78 is 2.28. The van der Waals surface area contributed by atoms with Gasteiger partial charge in [-0.25, -0.2) is 0 Å². The maximum Gasteiger partial charge on any atom is 0.0480 e. The number of aromatic nitrogens is 1. The second-order valence-corrected chi connectivity index (χ2v) is 4.37. The summed E-state index contributed by atoms with van der Waals surface area (Å²) >= 11 is 0. The van der Waals surface area contributed by atoms with E-state index in [0.717, 1.165) is 13.1 Å². The van der Waals surface area contributed by atoms with Crippen LogP contribution in [0.3, 0.4) is 0 Å². The molecule has 0 radical (unpaired) electrons. The third-order valence-electron chi connectivity index (χ3n) is 2.84. The molecule has 0 spiro atoms. The van der Waals surface area contributed by atoms with Crippen molar-refractivity contribution >= 4 is 10.9 Å². The van der Waals surface area contributed by atoms with Crippen molar-refractivity contribution in [1.82, 2.24) is 4.57 Å². The second-order valence-electron chi connectivity index (χ2n) is 4.37. The fourth-order valence-corrected chi connectivity index (χ4v) is 1.89. The molecular formula is C13H18N2. The van der Waals surface area contributed by atoms with Crippen LogP contribution in [-0.4, -0.2) is 11.1 Å². The van der Waals surface area contributed by atoms with Crippen LogP contribution in [-0.2, 0) is 6.54 Å². The highest BCUT2D eigenvalue weighted by Gasteiger charge is 2.04. The van der Waals surface area contributed by atoms with E-state index in [1.807, 2.05) is 0 Å². The van der Waals surface area contributed by atoms with E-state index in [0.29, 0.717) is 5.92 Å². The summed E-state index contributed by atoms with van der Waals surface area (Å²) in [5.74, 6) is 0.530. The first kappa shape index (κ1) is 10.2. The molecule has 0 aliphatic carbocycles. The fraction of sp³-hybridized carbons (Fsp3) is 0.385. The van der Waals surface area contributed by atoms with E-state index in [2.05, 4.69) is 48.9 Å². The fourth-order valence-electron chi connectivity index (χ4n) is 1.89. The normalized spacial score (nSPS) is 13.3. The maximum absolute atomic E-state index is 5.64. The molecule has 1 aromatic heterocycles. The Morgan fingerprint density at radius 1 is 1.33 bits per heavy atom. The molecule has 15 heavy (non-hydrogen) atoms. The molecule has 1 unspecified atom stereocenters. The van der Waals surface area contributed by atoms with E-state index in [1.54, 1.807) is 0 Å². The van der Waals surface area contributed by atoms with E-state index >= 15 is 0 Å². The van der Waals surface area contributed by atoms with Gasteiger partial charge >= 0.3 is 0 Å². The Morgan fingerprint density at radius 2 is 2.13 bits per heavy atom. The Labute approximate surface area is 90.7 Å². The van der Waals surface area contributed by atoms with Gasteiger partial charge in [0.05, 0.1) is 0 Å². The van der Waals surface area contributed by atoms with Crippen LogP contribution in [0.2, 0.25) is 0 Å². The molecule has 1 heterocycles. The van der Waals surface area contributed by atoms with Gasteiger partial charge in [0.1, 0.15) is 0 Å². The van der Waals surface area contributed by atoms with Crippen LogP contribution in [0.15, 0.2) is 30.5 Å². The van der Waals surface area contributed by atoms with Gasteiger partial charge in [-0.15, -0.1) is 0 Å². The van der Waals surface area contributed by atoms with E-state index in [9.17, 15) is 0 Å². The lowest BCUT2D eigenvalue weighted by molar-refractivity contribution is 0.502. The van der Waals surface area contributed by atoms with Gasteiger partial charge in [0.2, 0.25) is 0 Å². The minimum Gasteiger partial charge on any atom is -0.347 e. The molecule has 0 aliphatic rings. The average molecular weight is 202 g/mol. The molecule has 2 aromatic rings. The van der Waals surface area contributed by atoms with Crippen molar-refractivity contribution in [2.75, 3.05) is 6.54 Å². The van der Waals surface area contributed by atoms with Crippen LogP contribution in [0.4, 0.5) is 0 Å². The monoisotopic (exact) mass is 202 g/mol. The number of hydrogen-bond donors (Lipinski definition) is 1. The summed E-state index contributed by atoms with van der Waals surface area (Å²) in [4.78, 5) is 0. The van der Waals surface area contributed by atoms with Crippen molar-refractivity contribution in [3.63, 3.8) is 0 Å². The summed E-state index contributed by atoms with van der Waals surface area (Å²) in [5.41, 5.74) is 8.26. The molecule has 2 N–H and O–H groups in total. The van der Waals surface area contributed by atoms with Crippen molar-refractivity contribution in [3.05, 3.63) is 36.0 Å². The topological polar surface area (TPSA) is 30.9 Å². The number of hydrogen-bond acceptors (Lipinski definition) is 1. The zero-order valence-electron chi connectivity index (χ0n) is 9.40. The highest BCUT2D eigenvalue weighted by molar-refractivity contribution is 5.80. The van der Waals surface area contributed by atoms with Gasteiger partial charge in [0.25, 0.3) is 0 Å². The first-order chi connectivity index (χ1) is 7.20. The van der Waals surface area contributed by atoms with E-state index in [1.165, 1.54) is 16.5 Å². The summed E-state index contributed by atoms with van der Waals surface area (Å²) in [5, 5.41) is 1.32. The predicted octanol–water partition coefficient (Wildman–Crippen LogP) is 2.54. The van der Waals surface area contributed by atoms with E-state index in [-0.39, 0.29) is 0 Å². The molecule has 0 saturated heterocycles. The van der Waals surface area contributed by atoms with Gasteiger partial charge in [0.15, 0.2) is 0 Å². The highest BCUT2D eigenvalue weighted by atomic mass is 15.0. The zero-order valence-corrected chi connectivity index (χ0v) is 9.40. The average Bonchev–Trinajstić information content (AvgIpc) is 2.60. The molecule has 0 saturated carbocycles. The molecule has 2 rings (SSSR count). The van der Waals surface area contributed by atoms with Crippen molar-refractivity contribution < 1.29 is 0 Å². The van der Waals surface area contributed by atoms with Crippen LogP contribution >= 0.6 is 0 Å². The maximum atomic E-state index is 5.64. The molecule has 0 amide bonds. The number of nitrogens with two attached hydrogens (primary N) is 1. The zero-order chi connectivity index (χ0) is 10.8. The van der Waals surface area contributed by atoms with Crippen LogP contribution in [0, 0.1) is 12.8 Å². The molecule has 2 nitrogen and oxygen atoms in total. The van der Waals surface area contributed by atoms with Crippen molar-refractivity contribution in [1.29, 1.82) is 0 Å². The van der Waals surface area contributed by atoms with Crippen LogP contribution < -0.4 is 5.73 Å². The van der Waals surface area contributed by atoms with Crippen molar-refractivity contribution in [2.24, 2.45) is 11.7 Å². The van der Waals surface area contributed by atoms with E-state index in [4.69, 9.17) is 5.73 Å². The van der Waals surface area contributed by atoms with Crippen molar-refractivity contribution in [3.8, 4) is 0 Å². The molecule has 1 atom stereocenters. The number of benzene rings is 1. The highest BCUT2D eigenvalue weighted by Crippen LogP contribution is 2.18. The lowest BCUT2D eigenvalue weighted by atomic mass is 10.1. The van der Waals surface area contributed by atoms with Gasteiger partial charge in [-0.3, -0.25) is 0 Å². The SMILES string of the molecule is Cc1ccc2c(ccn2CC(C)CN)c1. The van der Waals surface area contributed by atoms with Gasteiger partial charge in [-0.2, -0.15) is 0 Å². The van der Waals surface area contributed by atoms with Crippen LogP contribution in [0.5, 0.6) is 0 Å². The largest absolute Gasteiger partial charge is 0.347 e. The molecular weight excluding hydrogens is 184 g/mol. The minimum atomic E-state index is 0.530. The number of aryl methyl sites for hydroxylation is 1. The Bertz CT molecular complexity index is 457. The second kappa shape index (κ2) is 4.07. The number of fused-ring (bicyclic) bond motifs is 1. The van der Waals surface area contributed by atoms with Crippen LogP contribution in [0.25, 0.3) is 10.9 Å². The standard InChI is InChI=1S/C13H18N2/c1-10-3-4-13-12(7-10)5-6-15(13)9-11(2)8-14/h3-7,11H,8-9,14H2,1-2H3. The Morgan fingerprint density at radius 3 is 2.87 bits per heavy atom. The van der Waals surface area contributed by atoms with Crippen molar-refractivity contribution in [2.45, 2.75) is 20.4 Å². The number of rotatable bonds is 3. The molecule has 1 aromatic carbocycles. The Hall–Kier alpha value is -1.28. The quantitative estimate of drug-likeness (QED) is 0.814. The molecule has 0 fully saturated rings. The Kier molecular flexibility index (Phi) is 2.78. The summed E-state index contributed by atoms with van der Waals surface area (Å²) in [6, 6.07) is 8.74. The lowest BCUT2D eigenvalue weighted by Gasteiger charge is -2.10. The summed E-state index contributed by atoms with van der Waals surface area (Å²) in [6.45, 7) is 6.05. The smallest absolute Gasteiger partial charge is 0.0480 e. The van der Waals surface area contributed by atoms with E-state index < -0.39 is 0 Å². The molecule has 0 aliphatic heterocycles. The summed E-state index contributed by atoms with van der Waals surface area (Å²) in [7, 11) is 0.